The number of hydrogen-bond acceptors (Lipinski definition) is 0. The van der Waals surface area contributed by atoms with Crippen molar-refractivity contribution in [2.24, 2.45) is 0 Å². The van der Waals surface area contributed by atoms with E-state index < -0.39 is 31.9 Å². The molecule has 0 aromatic rings. The second kappa shape index (κ2) is 5.50. The number of rotatable bonds is 4. The van der Waals surface area contributed by atoms with Crippen molar-refractivity contribution in [1.82, 2.24) is 0 Å². The third-order valence-corrected chi connectivity index (χ3v) is 1.78. The largest absolute Gasteiger partial charge is 0 e. The Balaban J connectivity index is 4.30. The van der Waals surface area contributed by atoms with Gasteiger partial charge in [0, 0.05) is 86.1 Å². The summed E-state index contributed by atoms with van der Waals surface area (Å²) in [5, 5.41) is 0. The third-order valence-electron chi connectivity index (χ3n) is 1.78. The molecule has 0 aliphatic carbocycles. The molecular weight excluding hydrogens is 130 g/mol. The van der Waals surface area contributed by atoms with Crippen molar-refractivity contribution < 1.29 is 0 Å². The van der Waals surface area contributed by atoms with E-state index in [9.17, 15) is 0 Å². The predicted octanol–water partition coefficient (Wildman–Crippen LogP) is -4.57. The van der Waals surface area contributed by atoms with Crippen LogP contribution in [0.5, 0.6) is 0 Å². The van der Waals surface area contributed by atoms with Crippen LogP contribution in [-0.2, 0) is 0 Å². The molecule has 0 saturated carbocycles. The Hall–Kier alpha value is 0.779. The Labute approximate surface area is 86.4 Å². The first-order chi connectivity index (χ1) is 5.37. The molecule has 0 rings (SSSR count). The van der Waals surface area contributed by atoms with Gasteiger partial charge in [0.1, 0.15) is 0 Å². The van der Waals surface area contributed by atoms with Crippen molar-refractivity contribution in [3.8, 4) is 0 Å². The van der Waals surface area contributed by atoms with Crippen molar-refractivity contribution in [3.05, 3.63) is 0 Å². The quantitative estimate of drug-likeness (QED) is 0.336. The highest BCUT2D eigenvalue weighted by Crippen LogP contribution is 1.91. The Morgan fingerprint density at radius 1 is 0.500 bits per heavy atom. The fraction of sp³-hybridized carbons (Fsp3) is 0. The summed E-state index contributed by atoms with van der Waals surface area (Å²) in [7, 11) is 37.9. The summed E-state index contributed by atoms with van der Waals surface area (Å²) in [6, 6.07) is 0. The zero-order chi connectivity index (χ0) is 9.89. The van der Waals surface area contributed by atoms with Crippen molar-refractivity contribution in [3.63, 3.8) is 0 Å². The average Bonchev–Trinajstić information content (AvgIpc) is 1.85. The van der Waals surface area contributed by atoms with Crippen molar-refractivity contribution in [2.45, 2.75) is 0 Å². The Morgan fingerprint density at radius 2 is 0.833 bits per heavy atom. The molecule has 0 heterocycles. The van der Waals surface area contributed by atoms with E-state index in [2.05, 4.69) is 0 Å². The van der Waals surface area contributed by atoms with Gasteiger partial charge in [0.25, 0.3) is 0 Å². The predicted molar refractivity (Wildman–Crippen MR) is 69.0 cm³/mol. The molecular formula is B12. The maximum absolute atomic E-state index is 5.59. The maximum Gasteiger partial charge on any atom is 0 e. The lowest BCUT2D eigenvalue weighted by molar-refractivity contribution is 3.47. The summed E-state index contributed by atoms with van der Waals surface area (Å²) in [5.74, 6) is 0. The van der Waals surface area contributed by atoms with Crippen LogP contribution in [0.1, 0.15) is 0 Å². The van der Waals surface area contributed by atoms with Gasteiger partial charge in [-0.3, -0.25) is 0 Å². The molecule has 0 aromatic heterocycles. The van der Waals surface area contributed by atoms with E-state index in [1.807, 2.05) is 0 Å². The summed E-state index contributed by atoms with van der Waals surface area (Å²) in [5.41, 5.74) is 0. The summed E-state index contributed by atoms with van der Waals surface area (Å²) in [6.45, 7) is 0. The minimum Gasteiger partial charge on any atom is 0 e. The molecule has 0 atom stereocenters. The van der Waals surface area contributed by atoms with E-state index >= 15 is 0 Å². The standard InChI is InChI=1S/B12/c1-8(2)11(7)12(9(3)4)10(5)6. The summed E-state index contributed by atoms with van der Waals surface area (Å²) in [4.78, 5) is 0. The highest BCUT2D eigenvalue weighted by Gasteiger charge is 2.29. The minimum atomic E-state index is -0.723. The van der Waals surface area contributed by atoms with Crippen molar-refractivity contribution in [2.75, 3.05) is 0 Å². The van der Waals surface area contributed by atoms with E-state index in [-0.39, 0.29) is 0 Å². The van der Waals surface area contributed by atoms with E-state index in [1.165, 1.54) is 0 Å². The summed E-state index contributed by atoms with van der Waals surface area (Å²) >= 11 is 0. The molecule has 0 bridgehead atoms. The Morgan fingerprint density at radius 3 is 0.917 bits per heavy atom. The van der Waals surface area contributed by atoms with Crippen LogP contribution in [0.25, 0.3) is 0 Å². The third kappa shape index (κ3) is 3.66. The van der Waals surface area contributed by atoms with Gasteiger partial charge < -0.3 is 0 Å². The van der Waals surface area contributed by atoms with Crippen LogP contribution in [0.2, 0.25) is 0 Å². The lowest BCUT2D eigenvalue weighted by Crippen LogP contribution is -2.67. The average molecular weight is 130 g/mol. The van der Waals surface area contributed by atoms with E-state index in [4.69, 9.17) is 54.2 Å². The molecule has 0 N–H and O–H groups in total. The van der Waals surface area contributed by atoms with Gasteiger partial charge in [0.2, 0.25) is 0 Å². The first kappa shape index (κ1) is 12.8. The van der Waals surface area contributed by atoms with Crippen LogP contribution in [0.3, 0.4) is 0 Å². The summed E-state index contributed by atoms with van der Waals surface area (Å²) < 4.78 is 0. The molecule has 0 fully saturated rings. The van der Waals surface area contributed by atoms with Gasteiger partial charge >= 0.3 is 0 Å². The summed E-state index contributed by atoms with van der Waals surface area (Å²) in [6.07, 6.45) is -3.22. The highest BCUT2D eigenvalue weighted by molar-refractivity contribution is 8.05. The Bertz CT molecular complexity index is 103. The second-order valence-corrected chi connectivity index (χ2v) is 2.89. The fourth-order valence-electron chi connectivity index (χ4n) is 1.03. The molecule has 12 heavy (non-hydrogen) atoms. The first-order valence-corrected chi connectivity index (χ1v) is 3.67. The van der Waals surface area contributed by atoms with Crippen molar-refractivity contribution in [1.29, 1.82) is 0 Å². The van der Waals surface area contributed by atoms with Gasteiger partial charge in [0.05, 0.1) is 0 Å². The van der Waals surface area contributed by atoms with E-state index in [0.717, 1.165) is 0 Å². The van der Waals surface area contributed by atoms with Gasteiger partial charge in [-0.2, -0.15) is 0 Å². The normalized spacial score (nSPS) is 8.67. The molecule has 0 nitrogen and oxygen atoms in total. The molecule has 0 saturated heterocycles. The van der Waals surface area contributed by atoms with Gasteiger partial charge in [-0.15, -0.1) is 0 Å². The lowest BCUT2D eigenvalue weighted by Gasteiger charge is -2.29. The van der Waals surface area contributed by atoms with Crippen LogP contribution >= 0.6 is 0 Å². The molecule has 0 aliphatic heterocycles. The van der Waals surface area contributed by atoms with Crippen LogP contribution in [0, 0.1) is 0 Å². The number of hydrogen-bond donors (Lipinski definition) is 0. The fourth-order valence-corrected chi connectivity index (χ4v) is 1.03. The van der Waals surface area contributed by atoms with Gasteiger partial charge in [0.15, 0.2) is 0 Å². The van der Waals surface area contributed by atoms with Crippen LogP contribution in [0.4, 0.5) is 0 Å². The molecule has 0 aliphatic rings. The lowest BCUT2D eigenvalue weighted by atomic mass is 8.53. The van der Waals surface area contributed by atoms with Crippen LogP contribution < -0.4 is 0 Å². The smallest absolute Gasteiger partial charge is 0 e. The molecule has 14 radical (unpaired) electrons. The highest BCUT2D eigenvalue weighted by atomic mass is 13.1. The molecule has 0 unspecified atom stereocenters. The van der Waals surface area contributed by atoms with Crippen LogP contribution in [0.15, 0.2) is 0 Å². The maximum atomic E-state index is 5.59. The molecule has 0 aromatic carbocycles. The van der Waals surface area contributed by atoms with Gasteiger partial charge in [-0.25, -0.2) is 0 Å². The zero-order valence-corrected chi connectivity index (χ0v) is 6.93. The zero-order valence-electron chi connectivity index (χ0n) is 6.93. The van der Waals surface area contributed by atoms with Crippen molar-refractivity contribution >= 4 is 86.1 Å². The molecule has 36 valence electrons. The monoisotopic (exact) mass is 132 g/mol. The minimum absolute atomic E-state index is 0.481. The van der Waals surface area contributed by atoms with E-state index in [1.54, 1.807) is 0 Å². The SMILES string of the molecule is [B]B([B])B([B])B(B([B])[B])B([B])[B]. The van der Waals surface area contributed by atoms with E-state index in [0.29, 0.717) is 0 Å². The first-order valence-electron chi connectivity index (χ1n) is 3.67. The Kier molecular flexibility index (Phi) is 5.85. The molecule has 12 heteroatoms. The molecule has 0 spiro atoms. The topological polar surface area (TPSA) is 0 Å². The van der Waals surface area contributed by atoms with Crippen LogP contribution in [-0.4, -0.2) is 86.1 Å². The second-order valence-electron chi connectivity index (χ2n) is 2.89. The van der Waals surface area contributed by atoms with Gasteiger partial charge in [-0.1, -0.05) is 0 Å². The van der Waals surface area contributed by atoms with Gasteiger partial charge in [-0.05, 0) is 0 Å². The molecule has 0 amide bonds.